The van der Waals surface area contributed by atoms with E-state index >= 15 is 0 Å². The van der Waals surface area contributed by atoms with Crippen molar-refractivity contribution in [3.05, 3.63) is 70.2 Å². The van der Waals surface area contributed by atoms with Crippen LogP contribution in [0, 0.1) is 0 Å². The smallest absolute Gasteiger partial charge is 0.293 e. The largest absolute Gasteiger partial charge is 0.492 e. The fourth-order valence-corrected chi connectivity index (χ4v) is 4.76. The average Bonchev–Trinajstić information content (AvgIpc) is 3.23. The van der Waals surface area contributed by atoms with Gasteiger partial charge in [-0.1, -0.05) is 41.9 Å². The van der Waals surface area contributed by atoms with Gasteiger partial charge in [0, 0.05) is 35.2 Å². The molecule has 1 aliphatic rings. The third-order valence-corrected chi connectivity index (χ3v) is 6.28. The van der Waals surface area contributed by atoms with Crippen LogP contribution in [0.15, 0.2) is 59.6 Å². The fourth-order valence-electron chi connectivity index (χ4n) is 3.62. The lowest BCUT2D eigenvalue weighted by molar-refractivity contribution is -0.123. The van der Waals surface area contributed by atoms with E-state index in [1.807, 2.05) is 68.6 Å². The monoisotopic (exact) mass is 454 g/mol. The molecule has 4 rings (SSSR count). The van der Waals surface area contributed by atoms with Crippen LogP contribution < -0.4 is 4.74 Å². The van der Waals surface area contributed by atoms with Crippen LogP contribution in [-0.4, -0.2) is 33.3 Å². The lowest BCUT2D eigenvalue weighted by Gasteiger charge is -2.16. The number of carbonyl (C=O) groups excluding carboxylic acids is 2. The number of nitrogens with zero attached hydrogens (tertiary/aromatic N) is 2. The van der Waals surface area contributed by atoms with Gasteiger partial charge in [0.15, 0.2) is 0 Å². The second kappa shape index (κ2) is 9.20. The van der Waals surface area contributed by atoms with Gasteiger partial charge in [-0.3, -0.25) is 14.5 Å². The number of ether oxygens (including phenoxy) is 1. The number of halogens is 1. The number of para-hydroxylation sites is 2. The van der Waals surface area contributed by atoms with E-state index < -0.39 is 0 Å². The van der Waals surface area contributed by atoms with Crippen molar-refractivity contribution in [2.24, 2.45) is 0 Å². The predicted octanol–water partition coefficient (Wildman–Crippen LogP) is 6.21. The van der Waals surface area contributed by atoms with Crippen LogP contribution in [0.4, 0.5) is 4.79 Å². The number of aryl methyl sites for hydroxylation is 1. The van der Waals surface area contributed by atoms with E-state index in [9.17, 15) is 9.59 Å². The van der Waals surface area contributed by atoms with E-state index in [1.165, 1.54) is 4.90 Å². The number of imide groups is 1. The first-order valence-corrected chi connectivity index (χ1v) is 11.4. The number of amides is 2. The lowest BCUT2D eigenvalue weighted by Crippen LogP contribution is -2.34. The van der Waals surface area contributed by atoms with E-state index in [-0.39, 0.29) is 17.2 Å². The number of thioether (sulfide) groups is 1. The minimum Gasteiger partial charge on any atom is -0.492 e. The minimum absolute atomic E-state index is 0.155. The first-order chi connectivity index (χ1) is 15.0. The first-order valence-electron chi connectivity index (χ1n) is 10.2. The molecule has 1 saturated heterocycles. The highest BCUT2D eigenvalue weighted by Crippen LogP contribution is 2.35. The van der Waals surface area contributed by atoms with Crippen LogP contribution in [-0.2, 0) is 11.3 Å². The molecule has 160 valence electrons. The molecule has 1 fully saturated rings. The second-order valence-electron chi connectivity index (χ2n) is 7.57. The quantitative estimate of drug-likeness (QED) is 0.314. The summed E-state index contributed by atoms with van der Waals surface area (Å²) in [4.78, 5) is 26.6. The third-order valence-electron chi connectivity index (χ3n) is 5.08. The molecule has 0 radical (unpaired) electrons. The molecule has 5 nitrogen and oxygen atoms in total. The summed E-state index contributed by atoms with van der Waals surface area (Å²) >= 11 is 7.14. The van der Waals surface area contributed by atoms with Gasteiger partial charge in [0.1, 0.15) is 5.75 Å². The van der Waals surface area contributed by atoms with Crippen LogP contribution in [0.5, 0.6) is 5.75 Å². The van der Waals surface area contributed by atoms with Gasteiger partial charge in [0.25, 0.3) is 11.1 Å². The zero-order valence-corrected chi connectivity index (χ0v) is 18.9. The zero-order valence-electron chi connectivity index (χ0n) is 17.4. The maximum Gasteiger partial charge on any atom is 0.293 e. The standard InChI is InChI=1S/C24H23ClN2O3S/c1-16(2)27-23(28)22(31-24(27)29)14-17-15-26(20-10-5-3-8-18(17)20)12-7-13-30-21-11-6-4-9-19(21)25/h3-6,8-11,14-16H,7,12-13H2,1-2H3/b22-14-. The molecule has 0 bridgehead atoms. The number of rotatable bonds is 7. The van der Waals surface area contributed by atoms with Gasteiger partial charge >= 0.3 is 0 Å². The van der Waals surface area contributed by atoms with Crippen molar-refractivity contribution in [2.45, 2.75) is 32.9 Å². The predicted molar refractivity (Wildman–Crippen MR) is 126 cm³/mol. The highest BCUT2D eigenvalue weighted by atomic mass is 35.5. The molecular weight excluding hydrogens is 432 g/mol. The summed E-state index contributed by atoms with van der Waals surface area (Å²) in [6.07, 6.45) is 4.66. The highest BCUT2D eigenvalue weighted by molar-refractivity contribution is 8.18. The molecule has 1 aliphatic heterocycles. The second-order valence-corrected chi connectivity index (χ2v) is 8.97. The Labute approximate surface area is 190 Å². The van der Waals surface area contributed by atoms with Gasteiger partial charge in [0.05, 0.1) is 16.5 Å². The summed E-state index contributed by atoms with van der Waals surface area (Å²) < 4.78 is 7.95. The van der Waals surface area contributed by atoms with Crippen molar-refractivity contribution in [3.8, 4) is 5.75 Å². The van der Waals surface area contributed by atoms with E-state index in [1.54, 1.807) is 0 Å². The van der Waals surface area contributed by atoms with Crippen molar-refractivity contribution in [2.75, 3.05) is 6.61 Å². The Bertz CT molecular complexity index is 1170. The summed E-state index contributed by atoms with van der Waals surface area (Å²) in [5.41, 5.74) is 2.01. The molecule has 3 aromatic rings. The molecule has 0 saturated carbocycles. The van der Waals surface area contributed by atoms with Crippen LogP contribution in [0.3, 0.4) is 0 Å². The molecule has 0 spiro atoms. The van der Waals surface area contributed by atoms with Crippen molar-refractivity contribution in [1.82, 2.24) is 9.47 Å². The summed E-state index contributed by atoms with van der Waals surface area (Å²) in [5.74, 6) is 0.457. The molecule has 0 unspecified atom stereocenters. The number of fused-ring (bicyclic) bond motifs is 1. The summed E-state index contributed by atoms with van der Waals surface area (Å²) in [6, 6.07) is 15.3. The van der Waals surface area contributed by atoms with E-state index in [2.05, 4.69) is 10.6 Å². The SMILES string of the molecule is CC(C)N1C(=O)S/C(=C\c2cn(CCCOc3ccccc3Cl)c3ccccc23)C1=O. The van der Waals surface area contributed by atoms with Crippen molar-refractivity contribution in [3.63, 3.8) is 0 Å². The van der Waals surface area contributed by atoms with Crippen molar-refractivity contribution in [1.29, 1.82) is 0 Å². The molecular formula is C24H23ClN2O3S. The molecule has 2 aromatic carbocycles. The minimum atomic E-state index is -0.227. The molecule has 0 aliphatic carbocycles. The summed E-state index contributed by atoms with van der Waals surface area (Å²) in [7, 11) is 0. The zero-order chi connectivity index (χ0) is 22.0. The van der Waals surface area contributed by atoms with Gasteiger partial charge in [-0.05, 0) is 56.3 Å². The Balaban J connectivity index is 1.52. The van der Waals surface area contributed by atoms with Gasteiger partial charge in [-0.25, -0.2) is 0 Å². The van der Waals surface area contributed by atoms with Crippen molar-refractivity contribution < 1.29 is 14.3 Å². The molecule has 2 amide bonds. The van der Waals surface area contributed by atoms with Crippen LogP contribution in [0.2, 0.25) is 5.02 Å². The van der Waals surface area contributed by atoms with Gasteiger partial charge < -0.3 is 9.30 Å². The van der Waals surface area contributed by atoms with Crippen molar-refractivity contribution >= 4 is 51.5 Å². The van der Waals surface area contributed by atoms with Crippen LogP contribution in [0.1, 0.15) is 25.8 Å². The number of aromatic nitrogens is 1. The average molecular weight is 455 g/mol. The number of hydrogen-bond acceptors (Lipinski definition) is 4. The van der Waals surface area contributed by atoms with Crippen LogP contribution >= 0.6 is 23.4 Å². The molecule has 0 atom stereocenters. The normalized spacial score (nSPS) is 15.6. The van der Waals surface area contributed by atoms with E-state index in [0.29, 0.717) is 22.3 Å². The number of benzene rings is 2. The van der Waals surface area contributed by atoms with E-state index in [4.69, 9.17) is 16.3 Å². The maximum atomic E-state index is 12.7. The van der Waals surface area contributed by atoms with Gasteiger partial charge in [-0.15, -0.1) is 0 Å². The Morgan fingerprint density at radius 1 is 1.10 bits per heavy atom. The number of hydrogen-bond donors (Lipinski definition) is 0. The Morgan fingerprint density at radius 2 is 1.84 bits per heavy atom. The number of carbonyl (C=O) groups is 2. The Morgan fingerprint density at radius 3 is 2.58 bits per heavy atom. The van der Waals surface area contributed by atoms with E-state index in [0.717, 1.165) is 41.2 Å². The summed E-state index contributed by atoms with van der Waals surface area (Å²) in [5, 5.41) is 1.43. The lowest BCUT2D eigenvalue weighted by atomic mass is 10.1. The highest BCUT2D eigenvalue weighted by Gasteiger charge is 2.36. The Hall–Kier alpha value is -2.70. The molecule has 2 heterocycles. The van der Waals surface area contributed by atoms with Gasteiger partial charge in [0.2, 0.25) is 0 Å². The van der Waals surface area contributed by atoms with Crippen LogP contribution in [0.25, 0.3) is 17.0 Å². The summed E-state index contributed by atoms with van der Waals surface area (Å²) in [6.45, 7) is 4.98. The fraction of sp³-hybridized carbons (Fsp3) is 0.250. The molecule has 1 aromatic heterocycles. The first kappa shape index (κ1) is 21.5. The molecule has 0 N–H and O–H groups in total. The topological polar surface area (TPSA) is 51.5 Å². The molecule has 31 heavy (non-hydrogen) atoms. The maximum absolute atomic E-state index is 12.7. The Kier molecular flexibility index (Phi) is 6.39. The third kappa shape index (κ3) is 4.50. The van der Waals surface area contributed by atoms with Gasteiger partial charge in [-0.2, -0.15) is 0 Å². The molecule has 7 heteroatoms.